The first-order chi connectivity index (χ1) is 9.29. The van der Waals surface area contributed by atoms with Crippen LogP contribution in [-0.2, 0) is 11.2 Å². The molecule has 0 bridgehead atoms. The normalized spacial score (nSPS) is 25.1. The predicted molar refractivity (Wildman–Crippen MR) is 73.2 cm³/mol. The fraction of sp³-hybridized carbons (Fsp3) is 0.533. The van der Waals surface area contributed by atoms with Gasteiger partial charge in [-0.15, -0.1) is 0 Å². The van der Waals surface area contributed by atoms with Crippen LogP contribution < -0.4 is 15.4 Å². The van der Waals surface area contributed by atoms with E-state index < -0.39 is 0 Å². The Labute approximate surface area is 113 Å². The summed E-state index contributed by atoms with van der Waals surface area (Å²) in [6.07, 6.45) is 2.90. The van der Waals surface area contributed by atoms with Gasteiger partial charge in [-0.1, -0.05) is 12.1 Å². The van der Waals surface area contributed by atoms with Crippen molar-refractivity contribution >= 4 is 5.91 Å². The molecule has 4 nitrogen and oxygen atoms in total. The highest BCUT2D eigenvalue weighted by atomic mass is 16.5. The van der Waals surface area contributed by atoms with Gasteiger partial charge in [-0.2, -0.15) is 0 Å². The second-order valence-corrected chi connectivity index (χ2v) is 5.32. The molecule has 1 fully saturated rings. The van der Waals surface area contributed by atoms with Crippen molar-refractivity contribution in [1.29, 1.82) is 0 Å². The first kappa shape index (κ1) is 12.5. The molecule has 0 saturated carbocycles. The van der Waals surface area contributed by atoms with E-state index in [1.165, 1.54) is 11.1 Å². The Bertz CT molecular complexity index is 481. The third-order valence-electron chi connectivity index (χ3n) is 4.20. The zero-order valence-electron chi connectivity index (χ0n) is 11.2. The molecular weight excluding hydrogens is 240 g/mol. The van der Waals surface area contributed by atoms with Gasteiger partial charge in [0.15, 0.2) is 0 Å². The summed E-state index contributed by atoms with van der Waals surface area (Å²) >= 11 is 0. The summed E-state index contributed by atoms with van der Waals surface area (Å²) in [7, 11) is 1.70. The number of amides is 1. The number of methoxy groups -OCH3 is 1. The molecule has 1 aromatic carbocycles. The third-order valence-corrected chi connectivity index (χ3v) is 4.20. The van der Waals surface area contributed by atoms with Gasteiger partial charge < -0.3 is 15.4 Å². The van der Waals surface area contributed by atoms with E-state index in [2.05, 4.69) is 16.7 Å². The van der Waals surface area contributed by atoms with E-state index in [1.54, 1.807) is 7.11 Å². The van der Waals surface area contributed by atoms with Gasteiger partial charge in [0, 0.05) is 6.54 Å². The lowest BCUT2D eigenvalue weighted by Crippen LogP contribution is -2.34. The maximum atomic E-state index is 12.2. The van der Waals surface area contributed by atoms with E-state index >= 15 is 0 Å². The highest BCUT2D eigenvalue weighted by Crippen LogP contribution is 2.36. The Kier molecular flexibility index (Phi) is 3.42. The van der Waals surface area contributed by atoms with E-state index in [0.29, 0.717) is 0 Å². The van der Waals surface area contributed by atoms with Crippen LogP contribution >= 0.6 is 0 Å². The third kappa shape index (κ3) is 2.32. The Morgan fingerprint density at radius 2 is 2.32 bits per heavy atom. The number of hydrogen-bond donors (Lipinski definition) is 2. The van der Waals surface area contributed by atoms with Crippen molar-refractivity contribution in [2.45, 2.75) is 25.3 Å². The Balaban J connectivity index is 1.73. The van der Waals surface area contributed by atoms with Crippen molar-refractivity contribution in [2.24, 2.45) is 5.92 Å². The molecule has 1 amide bonds. The van der Waals surface area contributed by atoms with Crippen molar-refractivity contribution in [2.75, 3.05) is 20.2 Å². The molecule has 1 aliphatic carbocycles. The summed E-state index contributed by atoms with van der Waals surface area (Å²) in [4.78, 5) is 12.2. The number of hydrogen-bond acceptors (Lipinski definition) is 3. The van der Waals surface area contributed by atoms with Crippen LogP contribution in [0.5, 0.6) is 5.75 Å². The van der Waals surface area contributed by atoms with E-state index in [1.807, 2.05) is 12.1 Å². The zero-order valence-corrected chi connectivity index (χ0v) is 11.2. The van der Waals surface area contributed by atoms with Crippen LogP contribution in [0.25, 0.3) is 0 Å². The molecule has 2 atom stereocenters. The van der Waals surface area contributed by atoms with Crippen LogP contribution in [0.4, 0.5) is 0 Å². The minimum absolute atomic E-state index is 0.134. The molecule has 0 spiro atoms. The molecule has 4 heteroatoms. The number of ether oxygens (including phenoxy) is 1. The van der Waals surface area contributed by atoms with Crippen molar-refractivity contribution in [3.63, 3.8) is 0 Å². The molecule has 1 saturated heterocycles. The van der Waals surface area contributed by atoms with E-state index in [-0.39, 0.29) is 17.9 Å². The number of fused-ring (bicyclic) bond motifs is 1. The van der Waals surface area contributed by atoms with Gasteiger partial charge in [0.25, 0.3) is 0 Å². The van der Waals surface area contributed by atoms with Crippen molar-refractivity contribution in [3.8, 4) is 5.75 Å². The van der Waals surface area contributed by atoms with Gasteiger partial charge in [0.1, 0.15) is 5.75 Å². The minimum Gasteiger partial charge on any atom is -0.496 e. The summed E-state index contributed by atoms with van der Waals surface area (Å²) in [5.74, 6) is 1.26. The van der Waals surface area contributed by atoms with E-state index in [9.17, 15) is 4.79 Å². The quantitative estimate of drug-likeness (QED) is 0.864. The molecule has 1 aliphatic heterocycles. The van der Waals surface area contributed by atoms with Gasteiger partial charge in [-0.3, -0.25) is 4.79 Å². The van der Waals surface area contributed by atoms with E-state index in [4.69, 9.17) is 4.74 Å². The van der Waals surface area contributed by atoms with Crippen molar-refractivity contribution in [1.82, 2.24) is 10.6 Å². The van der Waals surface area contributed by atoms with E-state index in [0.717, 1.165) is 38.1 Å². The molecule has 2 N–H and O–H groups in total. The highest BCUT2D eigenvalue weighted by Gasteiger charge is 2.29. The topological polar surface area (TPSA) is 50.4 Å². The zero-order chi connectivity index (χ0) is 13.2. The second-order valence-electron chi connectivity index (χ2n) is 5.32. The van der Waals surface area contributed by atoms with Crippen LogP contribution in [0, 0.1) is 5.92 Å². The summed E-state index contributed by atoms with van der Waals surface area (Å²) in [6.45, 7) is 1.76. The lowest BCUT2D eigenvalue weighted by atomic mass is 10.0. The van der Waals surface area contributed by atoms with Crippen LogP contribution in [0.1, 0.15) is 30.0 Å². The Morgan fingerprint density at radius 3 is 3.05 bits per heavy atom. The van der Waals surface area contributed by atoms with Crippen molar-refractivity contribution in [3.05, 3.63) is 29.3 Å². The largest absolute Gasteiger partial charge is 0.496 e. The monoisotopic (exact) mass is 260 g/mol. The molecule has 102 valence electrons. The van der Waals surface area contributed by atoms with Gasteiger partial charge >= 0.3 is 0 Å². The average Bonchev–Trinajstić information content (AvgIpc) is 3.08. The summed E-state index contributed by atoms with van der Waals surface area (Å²) in [5, 5.41) is 6.43. The highest BCUT2D eigenvalue weighted by molar-refractivity contribution is 5.80. The van der Waals surface area contributed by atoms with Gasteiger partial charge in [-0.25, -0.2) is 0 Å². The standard InChI is InChI=1S/C15H20N2O2/c1-19-14-4-2-3-11-12(14)5-6-13(11)17-15(18)10-7-8-16-9-10/h2-4,10,13,16H,5-9H2,1H3,(H,17,18). The van der Waals surface area contributed by atoms with Gasteiger partial charge in [0.05, 0.1) is 19.1 Å². The summed E-state index contributed by atoms with van der Waals surface area (Å²) in [5.41, 5.74) is 2.47. The molecular formula is C15H20N2O2. The summed E-state index contributed by atoms with van der Waals surface area (Å²) < 4.78 is 5.39. The number of rotatable bonds is 3. The fourth-order valence-corrected chi connectivity index (χ4v) is 3.13. The molecule has 1 aromatic rings. The molecule has 0 aromatic heterocycles. The van der Waals surface area contributed by atoms with Gasteiger partial charge in [-0.05, 0) is 43.0 Å². The maximum Gasteiger partial charge on any atom is 0.224 e. The maximum absolute atomic E-state index is 12.2. The second kappa shape index (κ2) is 5.21. The van der Waals surface area contributed by atoms with Gasteiger partial charge in [0.2, 0.25) is 5.91 Å². The predicted octanol–water partition coefficient (Wildman–Crippen LogP) is 1.41. The molecule has 2 unspecified atom stereocenters. The summed E-state index contributed by atoms with van der Waals surface area (Å²) in [6, 6.07) is 6.24. The smallest absolute Gasteiger partial charge is 0.224 e. The molecule has 2 aliphatic rings. The lowest BCUT2D eigenvalue weighted by Gasteiger charge is -2.17. The number of benzene rings is 1. The van der Waals surface area contributed by atoms with Crippen LogP contribution in [0.3, 0.4) is 0 Å². The lowest BCUT2D eigenvalue weighted by molar-refractivity contribution is -0.125. The Hall–Kier alpha value is -1.55. The van der Waals surface area contributed by atoms with Crippen molar-refractivity contribution < 1.29 is 9.53 Å². The number of carbonyl (C=O) groups is 1. The molecule has 0 radical (unpaired) electrons. The molecule has 3 rings (SSSR count). The number of nitrogens with one attached hydrogen (secondary N) is 2. The van der Waals surface area contributed by atoms with Crippen LogP contribution in [-0.4, -0.2) is 26.1 Å². The average molecular weight is 260 g/mol. The minimum atomic E-state index is 0.134. The SMILES string of the molecule is COc1cccc2c1CCC2NC(=O)C1CCNC1. The van der Waals surface area contributed by atoms with Crippen LogP contribution in [0.15, 0.2) is 18.2 Å². The van der Waals surface area contributed by atoms with Crippen LogP contribution in [0.2, 0.25) is 0 Å². The molecule has 1 heterocycles. The molecule has 19 heavy (non-hydrogen) atoms. The first-order valence-corrected chi connectivity index (χ1v) is 6.96. The Morgan fingerprint density at radius 1 is 1.42 bits per heavy atom. The number of carbonyl (C=O) groups excluding carboxylic acids is 1. The first-order valence-electron chi connectivity index (χ1n) is 6.96. The fourth-order valence-electron chi connectivity index (χ4n) is 3.13.